The summed E-state index contributed by atoms with van der Waals surface area (Å²) in [5, 5.41) is 9.54. The summed E-state index contributed by atoms with van der Waals surface area (Å²) in [7, 11) is 0. The molecule has 0 aliphatic carbocycles. The van der Waals surface area contributed by atoms with Gasteiger partial charge in [-0.25, -0.2) is 0 Å². The summed E-state index contributed by atoms with van der Waals surface area (Å²) in [5.41, 5.74) is 1.96. The van der Waals surface area contributed by atoms with Gasteiger partial charge in [-0.15, -0.1) is 0 Å². The van der Waals surface area contributed by atoms with Crippen molar-refractivity contribution in [1.29, 1.82) is 0 Å². The number of hydrogen-bond donors (Lipinski definition) is 1. The van der Waals surface area contributed by atoms with Gasteiger partial charge in [0.2, 0.25) is 0 Å². The molecule has 0 amide bonds. The first-order chi connectivity index (χ1) is 7.36. The van der Waals surface area contributed by atoms with E-state index in [1.165, 1.54) is 0 Å². The second-order valence-corrected chi connectivity index (χ2v) is 3.30. The second kappa shape index (κ2) is 7.04. The standard InChI is InChI=1S/C14H12O.K.H/c15-14-9-5-4-8-13(14)11-10-12-6-2-1-3-7-12;;/h1-11,15H;;/b11-10+;;. The summed E-state index contributed by atoms with van der Waals surface area (Å²) >= 11 is 0. The summed E-state index contributed by atoms with van der Waals surface area (Å²) in [4.78, 5) is 0. The SMILES string of the molecule is Oc1ccccc1/C=C/c1ccccc1.[KH]. The second-order valence-electron chi connectivity index (χ2n) is 3.30. The fourth-order valence-corrected chi connectivity index (χ4v) is 1.38. The molecule has 1 N–H and O–H groups in total. The van der Waals surface area contributed by atoms with Gasteiger partial charge in [-0.05, 0) is 11.6 Å². The Morgan fingerprint density at radius 1 is 0.750 bits per heavy atom. The maximum absolute atomic E-state index is 9.54. The molecule has 0 fully saturated rings. The molecule has 0 aliphatic rings. The van der Waals surface area contributed by atoms with Gasteiger partial charge in [0.25, 0.3) is 0 Å². The fraction of sp³-hybridized carbons (Fsp3) is 0. The van der Waals surface area contributed by atoms with Crippen LogP contribution in [0.1, 0.15) is 11.1 Å². The molecule has 1 nitrogen and oxygen atoms in total. The zero-order valence-electron chi connectivity index (χ0n) is 8.30. The van der Waals surface area contributed by atoms with Crippen LogP contribution in [0.15, 0.2) is 54.6 Å². The number of para-hydroxylation sites is 1. The third kappa shape index (κ3) is 3.89. The molecule has 0 aliphatic heterocycles. The quantitative estimate of drug-likeness (QED) is 0.628. The molecular formula is C14H13KO. The van der Waals surface area contributed by atoms with Gasteiger partial charge in [0.1, 0.15) is 5.75 Å². The van der Waals surface area contributed by atoms with Crippen molar-refractivity contribution in [3.63, 3.8) is 0 Å². The van der Waals surface area contributed by atoms with E-state index in [1.807, 2.05) is 60.7 Å². The molecule has 0 unspecified atom stereocenters. The molecule has 2 heteroatoms. The van der Waals surface area contributed by atoms with Crippen LogP contribution in [-0.2, 0) is 0 Å². The average molecular weight is 236 g/mol. The van der Waals surface area contributed by atoms with Crippen LogP contribution in [0.3, 0.4) is 0 Å². The van der Waals surface area contributed by atoms with E-state index in [9.17, 15) is 5.11 Å². The molecule has 76 valence electrons. The Bertz CT molecular complexity index is 463. The van der Waals surface area contributed by atoms with Crippen molar-refractivity contribution in [3.8, 4) is 5.75 Å². The zero-order chi connectivity index (χ0) is 10.5. The summed E-state index contributed by atoms with van der Waals surface area (Å²) in [6.07, 6.45) is 3.89. The van der Waals surface area contributed by atoms with E-state index in [4.69, 9.17) is 0 Å². The molecule has 0 heterocycles. The van der Waals surface area contributed by atoms with E-state index >= 15 is 0 Å². The molecule has 2 aromatic rings. The van der Waals surface area contributed by atoms with Crippen LogP contribution in [0.4, 0.5) is 0 Å². The van der Waals surface area contributed by atoms with E-state index in [2.05, 4.69) is 0 Å². The topological polar surface area (TPSA) is 20.2 Å². The van der Waals surface area contributed by atoms with Crippen molar-refractivity contribution in [2.75, 3.05) is 0 Å². The molecule has 2 rings (SSSR count). The predicted molar refractivity (Wildman–Crippen MR) is 70.6 cm³/mol. The van der Waals surface area contributed by atoms with Gasteiger partial charge in [-0.3, -0.25) is 0 Å². The predicted octanol–water partition coefficient (Wildman–Crippen LogP) is 2.91. The molecule has 0 bridgehead atoms. The Kier molecular flexibility index (Phi) is 6.02. The molecule has 16 heavy (non-hydrogen) atoms. The van der Waals surface area contributed by atoms with E-state index in [0.717, 1.165) is 11.1 Å². The van der Waals surface area contributed by atoms with Crippen LogP contribution in [-0.4, -0.2) is 56.5 Å². The number of hydrogen-bond acceptors (Lipinski definition) is 1. The molecule has 0 atom stereocenters. The molecule has 0 spiro atoms. The summed E-state index contributed by atoms with van der Waals surface area (Å²) in [5.74, 6) is 0.310. The first-order valence-corrected chi connectivity index (χ1v) is 4.87. The Hall–Kier alpha value is -0.384. The van der Waals surface area contributed by atoms with Gasteiger partial charge >= 0.3 is 51.4 Å². The van der Waals surface area contributed by atoms with Gasteiger partial charge < -0.3 is 5.11 Å². The number of rotatable bonds is 2. The summed E-state index contributed by atoms with van der Waals surface area (Å²) in [6, 6.07) is 17.3. The Morgan fingerprint density at radius 2 is 1.38 bits per heavy atom. The van der Waals surface area contributed by atoms with E-state index in [0.29, 0.717) is 5.75 Å². The van der Waals surface area contributed by atoms with Crippen LogP contribution in [0, 0.1) is 0 Å². The van der Waals surface area contributed by atoms with Gasteiger partial charge in [0, 0.05) is 5.56 Å². The van der Waals surface area contributed by atoms with E-state index < -0.39 is 0 Å². The van der Waals surface area contributed by atoms with Gasteiger partial charge in [-0.2, -0.15) is 0 Å². The third-order valence-corrected chi connectivity index (χ3v) is 2.19. The van der Waals surface area contributed by atoms with E-state index in [1.54, 1.807) is 6.07 Å². The fourth-order valence-electron chi connectivity index (χ4n) is 1.38. The van der Waals surface area contributed by atoms with Gasteiger partial charge in [0.15, 0.2) is 0 Å². The molecule has 2 aromatic carbocycles. The van der Waals surface area contributed by atoms with Crippen LogP contribution in [0.25, 0.3) is 12.2 Å². The van der Waals surface area contributed by atoms with Crippen LogP contribution in [0.2, 0.25) is 0 Å². The maximum atomic E-state index is 9.54. The van der Waals surface area contributed by atoms with Crippen LogP contribution >= 0.6 is 0 Å². The minimum absolute atomic E-state index is 0. The number of benzene rings is 2. The summed E-state index contributed by atoms with van der Waals surface area (Å²) in [6.45, 7) is 0. The Labute approximate surface area is 138 Å². The monoisotopic (exact) mass is 236 g/mol. The van der Waals surface area contributed by atoms with Crippen molar-refractivity contribution < 1.29 is 5.11 Å². The van der Waals surface area contributed by atoms with Crippen molar-refractivity contribution in [2.45, 2.75) is 0 Å². The van der Waals surface area contributed by atoms with Crippen LogP contribution in [0.5, 0.6) is 5.75 Å². The number of phenolic OH excluding ortho intramolecular Hbond substituents is 1. The number of aromatic hydroxyl groups is 1. The average Bonchev–Trinajstić information content (AvgIpc) is 2.29. The first kappa shape index (κ1) is 13.7. The number of phenols is 1. The summed E-state index contributed by atoms with van der Waals surface area (Å²) < 4.78 is 0. The third-order valence-electron chi connectivity index (χ3n) is 2.19. The zero-order valence-corrected chi connectivity index (χ0v) is 8.30. The van der Waals surface area contributed by atoms with Crippen molar-refractivity contribution in [3.05, 3.63) is 65.7 Å². The molecule has 0 saturated carbocycles. The molecular weight excluding hydrogens is 223 g/mol. The van der Waals surface area contributed by atoms with Gasteiger partial charge in [0.05, 0.1) is 0 Å². The molecule has 0 saturated heterocycles. The normalized spacial score (nSPS) is 10.0. The molecule has 0 aromatic heterocycles. The van der Waals surface area contributed by atoms with Crippen molar-refractivity contribution >= 4 is 63.5 Å². The van der Waals surface area contributed by atoms with Gasteiger partial charge in [-0.1, -0.05) is 60.7 Å². The Morgan fingerprint density at radius 3 is 2.06 bits per heavy atom. The first-order valence-electron chi connectivity index (χ1n) is 4.87. The minimum atomic E-state index is 0. The van der Waals surface area contributed by atoms with Crippen molar-refractivity contribution in [1.82, 2.24) is 0 Å². The molecule has 0 radical (unpaired) electrons. The van der Waals surface area contributed by atoms with E-state index in [-0.39, 0.29) is 51.4 Å². The van der Waals surface area contributed by atoms with Crippen molar-refractivity contribution in [2.24, 2.45) is 0 Å². The Balaban J connectivity index is 0.00000128. The van der Waals surface area contributed by atoms with Crippen LogP contribution < -0.4 is 0 Å².